The predicted octanol–water partition coefficient (Wildman–Crippen LogP) is 4.72. The quantitative estimate of drug-likeness (QED) is 0.222. The number of likely N-dealkylation sites (tertiary alicyclic amines) is 1. The van der Waals surface area contributed by atoms with Gasteiger partial charge in [-0.25, -0.2) is 18.8 Å². The van der Waals surface area contributed by atoms with Gasteiger partial charge in [-0.05, 0) is 75.3 Å². The van der Waals surface area contributed by atoms with E-state index in [0.717, 1.165) is 50.9 Å². The minimum absolute atomic E-state index is 0.0636. The smallest absolute Gasteiger partial charge is 0.324 e. The Morgan fingerprint density at radius 3 is 2.59 bits per heavy atom. The number of aryl methyl sites for hydroxylation is 1. The second kappa shape index (κ2) is 17.6. The number of fused-ring (bicyclic) bond motifs is 6. The van der Waals surface area contributed by atoms with Gasteiger partial charge in [0.2, 0.25) is 21.8 Å². The molecule has 2 N–H and O–H groups in total. The zero-order chi connectivity index (χ0) is 45.9. The molecule has 3 amide bonds. The second-order valence-corrected chi connectivity index (χ2v) is 21.9. The van der Waals surface area contributed by atoms with E-state index in [1.807, 2.05) is 32.2 Å². The van der Waals surface area contributed by atoms with Gasteiger partial charge in [-0.3, -0.25) is 29.2 Å². The number of pyridine rings is 1. The number of hydrogen-bond donors (Lipinski definition) is 2. The number of hydrazine groups is 1. The molecule has 0 saturated carbocycles. The second-order valence-electron chi connectivity index (χ2n) is 19.0. The molecule has 344 valence electrons. The van der Waals surface area contributed by atoms with Crippen molar-refractivity contribution in [2.24, 2.45) is 16.7 Å². The van der Waals surface area contributed by atoms with Crippen LogP contribution in [0, 0.1) is 16.7 Å². The van der Waals surface area contributed by atoms with Gasteiger partial charge < -0.3 is 24.3 Å². The number of aromatic nitrogens is 3. The van der Waals surface area contributed by atoms with Crippen molar-refractivity contribution in [3.63, 3.8) is 0 Å². The van der Waals surface area contributed by atoms with E-state index in [1.165, 1.54) is 20.7 Å². The number of carbonyl (C=O) groups is 4. The summed E-state index contributed by atoms with van der Waals surface area (Å²) < 4.78 is 39.9. The molecule has 0 radical (unpaired) electrons. The monoisotopic (exact) mass is 916 g/mol. The Labute approximate surface area is 379 Å². The Morgan fingerprint density at radius 2 is 1.89 bits per heavy atom. The van der Waals surface area contributed by atoms with Gasteiger partial charge in [0.15, 0.2) is 0 Å². The molecule has 4 aliphatic heterocycles. The fraction of sp³-hybridized carbons (Fsp3) is 0.565. The first-order valence-corrected chi connectivity index (χ1v) is 25.0. The molecule has 4 aromatic rings. The molecule has 18 heteroatoms. The Bertz CT molecular complexity index is 2580. The van der Waals surface area contributed by atoms with Crippen LogP contribution in [-0.2, 0) is 58.1 Å². The van der Waals surface area contributed by atoms with Crippen molar-refractivity contribution in [2.45, 2.75) is 104 Å². The maximum atomic E-state index is 14.6. The third-order valence-electron chi connectivity index (χ3n) is 13.4. The molecule has 0 aliphatic carbocycles. The highest BCUT2D eigenvalue weighted by Gasteiger charge is 2.58. The molecule has 6 bridgehead atoms. The van der Waals surface area contributed by atoms with Gasteiger partial charge >= 0.3 is 5.97 Å². The van der Waals surface area contributed by atoms with Gasteiger partial charge in [-0.2, -0.15) is 4.31 Å². The van der Waals surface area contributed by atoms with Crippen LogP contribution in [0.5, 0.6) is 0 Å². The minimum atomic E-state index is -3.46. The summed E-state index contributed by atoms with van der Waals surface area (Å²) in [6, 6.07) is 7.57. The van der Waals surface area contributed by atoms with Crippen LogP contribution in [-0.4, -0.2) is 125 Å². The largest absolute Gasteiger partial charge is 0.464 e. The molecule has 16 nitrogen and oxygen atoms in total. The number of ether oxygens (including phenoxy) is 2. The van der Waals surface area contributed by atoms with Gasteiger partial charge in [0.1, 0.15) is 18.1 Å². The first-order chi connectivity index (χ1) is 30.3. The van der Waals surface area contributed by atoms with Crippen molar-refractivity contribution in [2.75, 3.05) is 46.2 Å². The number of methoxy groups -OCH3 is 1. The molecule has 1 spiro atoms. The number of hydrogen-bond acceptors (Lipinski definition) is 12. The van der Waals surface area contributed by atoms with Crippen LogP contribution in [0.4, 0.5) is 0 Å². The number of carbonyl (C=O) groups excluding carboxylic acids is 4. The molecule has 7 heterocycles. The highest BCUT2D eigenvalue weighted by Crippen LogP contribution is 2.44. The summed E-state index contributed by atoms with van der Waals surface area (Å²) in [5.41, 5.74) is 8.33. The molecular formula is C46H60N8O8S2. The molecule has 4 aliphatic rings. The molecule has 4 atom stereocenters. The fourth-order valence-corrected chi connectivity index (χ4v) is 11.7. The van der Waals surface area contributed by atoms with Gasteiger partial charge in [-0.1, -0.05) is 33.8 Å². The molecule has 64 heavy (non-hydrogen) atoms. The Morgan fingerprint density at radius 1 is 1.12 bits per heavy atom. The molecule has 3 saturated heterocycles. The summed E-state index contributed by atoms with van der Waals surface area (Å²) in [7, 11) is -1.78. The van der Waals surface area contributed by atoms with Crippen molar-refractivity contribution in [1.82, 2.24) is 39.5 Å². The van der Waals surface area contributed by atoms with Gasteiger partial charge in [-0.15, -0.1) is 11.3 Å². The highest BCUT2D eigenvalue weighted by atomic mass is 32.2. The number of rotatable bonds is 9. The average molecular weight is 917 g/mol. The maximum Gasteiger partial charge on any atom is 0.324 e. The average Bonchev–Trinajstić information content (AvgIpc) is 3.94. The van der Waals surface area contributed by atoms with Crippen LogP contribution in [0.1, 0.15) is 83.2 Å². The molecule has 8 rings (SSSR count). The Kier molecular flexibility index (Phi) is 12.6. The summed E-state index contributed by atoms with van der Waals surface area (Å²) in [6.45, 7) is 13.6. The molecular weight excluding hydrogens is 857 g/mol. The fourth-order valence-electron chi connectivity index (χ4n) is 9.89. The van der Waals surface area contributed by atoms with Crippen LogP contribution in [0.3, 0.4) is 0 Å². The Hall–Kier alpha value is -4.75. The molecule has 0 unspecified atom stereocenters. The lowest BCUT2D eigenvalue weighted by Crippen LogP contribution is -2.64. The van der Waals surface area contributed by atoms with Crippen LogP contribution in [0.15, 0.2) is 41.9 Å². The summed E-state index contributed by atoms with van der Waals surface area (Å²) >= 11 is 1.40. The summed E-state index contributed by atoms with van der Waals surface area (Å²) in [4.78, 5) is 68.3. The number of nitrogens with zero attached hydrogens (tertiary/aromatic N) is 6. The summed E-state index contributed by atoms with van der Waals surface area (Å²) in [5, 5.41) is 8.05. The number of amides is 3. The van der Waals surface area contributed by atoms with Crippen LogP contribution in [0.2, 0.25) is 0 Å². The number of cyclic esters (lactones) is 1. The van der Waals surface area contributed by atoms with E-state index in [0.29, 0.717) is 50.3 Å². The maximum absolute atomic E-state index is 14.6. The lowest BCUT2D eigenvalue weighted by Gasteiger charge is -2.45. The van der Waals surface area contributed by atoms with E-state index >= 15 is 0 Å². The van der Waals surface area contributed by atoms with E-state index in [-0.39, 0.29) is 44.0 Å². The van der Waals surface area contributed by atoms with Crippen molar-refractivity contribution in [3.8, 4) is 22.5 Å². The van der Waals surface area contributed by atoms with Crippen molar-refractivity contribution < 1.29 is 37.1 Å². The van der Waals surface area contributed by atoms with Crippen molar-refractivity contribution in [3.05, 3.63) is 58.2 Å². The zero-order valence-electron chi connectivity index (χ0n) is 38.0. The first-order valence-electron chi connectivity index (χ1n) is 22.2. The van der Waals surface area contributed by atoms with Gasteiger partial charge in [0.05, 0.1) is 46.5 Å². The van der Waals surface area contributed by atoms with E-state index in [1.54, 1.807) is 18.2 Å². The SMILES string of the molecule is CCn1c(-c2cccnc2[C@H](C)OC)c2c3cc(ccc31)-c1csc(n1)C[C@H](NC(=O)[C@H](C(C)C)N1CCC3(CN(S(C)(=O)=O)C3)C1=O)C(=O)N1CCC[C@H](N1)C(=O)OCC(C)(C)C2. The first kappa shape index (κ1) is 45.8. The molecule has 3 aromatic heterocycles. The zero-order valence-corrected chi connectivity index (χ0v) is 39.6. The molecule has 3 fully saturated rings. The van der Waals surface area contributed by atoms with Crippen LogP contribution in [0.25, 0.3) is 33.4 Å². The third kappa shape index (κ3) is 8.59. The topological polar surface area (TPSA) is 185 Å². The van der Waals surface area contributed by atoms with E-state index < -0.39 is 56.8 Å². The normalized spacial score (nSPS) is 22.7. The number of sulfonamides is 1. The third-order valence-corrected chi connectivity index (χ3v) is 15.4. The van der Waals surface area contributed by atoms with Crippen molar-refractivity contribution in [1.29, 1.82) is 0 Å². The number of nitrogens with one attached hydrogen (secondary N) is 2. The van der Waals surface area contributed by atoms with Gasteiger partial charge in [0.25, 0.3) is 5.91 Å². The standard InChI is InChI=1S/C46H60N8O8S2/c1-9-52-36-15-14-29-20-31(36)32(40(52)30-12-10-17-47-38(30)28(4)61-7)22-45(5,6)26-62-43(57)33-13-11-18-54(50-33)42(56)34(21-37-48-35(29)23-63-37)49-41(55)39(27(2)3)53-19-16-46(44(53)58)24-51(25-46)64(8,59)60/h10,12,14-15,17,20,23,27-28,33-34,39,50H,9,11,13,16,18-19,21-22,24-26H2,1-8H3,(H,49,55)/t28-,33-,34-,39-/m0/s1. The van der Waals surface area contributed by atoms with Crippen LogP contribution >= 0.6 is 11.3 Å². The number of thiazole rings is 1. The van der Waals surface area contributed by atoms with E-state index in [2.05, 4.69) is 60.3 Å². The van der Waals surface area contributed by atoms with Crippen molar-refractivity contribution >= 4 is 56.0 Å². The lowest BCUT2D eigenvalue weighted by atomic mass is 9.80. The van der Waals surface area contributed by atoms with Crippen LogP contribution < -0.4 is 10.7 Å². The highest BCUT2D eigenvalue weighted by molar-refractivity contribution is 7.88. The number of benzene rings is 1. The Balaban J connectivity index is 1.17. The molecule has 1 aromatic carbocycles. The minimum Gasteiger partial charge on any atom is -0.464 e. The van der Waals surface area contributed by atoms with Gasteiger partial charge in [0, 0.05) is 85.3 Å². The lowest BCUT2D eigenvalue weighted by molar-refractivity contribution is -0.155. The van der Waals surface area contributed by atoms with E-state index in [9.17, 15) is 27.6 Å². The summed E-state index contributed by atoms with van der Waals surface area (Å²) in [5.74, 6) is -1.96. The number of esters is 1. The van der Waals surface area contributed by atoms with E-state index in [4.69, 9.17) is 19.4 Å². The summed E-state index contributed by atoms with van der Waals surface area (Å²) in [6.07, 6.45) is 4.70. The predicted molar refractivity (Wildman–Crippen MR) is 243 cm³/mol.